The molecule has 0 atom stereocenters. The SMILES string of the molecule is C/C=C/C(=O)Oc1ccc(-c2ccc(C34CCC(CCC)(CC3)CC4)cc2)cc1. The van der Waals surface area contributed by atoms with Crippen LogP contribution in [0.5, 0.6) is 5.75 Å². The number of benzene rings is 2. The number of carbonyl (C=O) groups excluding carboxylic acids is 1. The fourth-order valence-electron chi connectivity index (χ4n) is 5.62. The van der Waals surface area contributed by atoms with Crippen molar-refractivity contribution in [2.45, 2.75) is 70.6 Å². The summed E-state index contributed by atoms with van der Waals surface area (Å²) in [6.45, 7) is 4.14. The van der Waals surface area contributed by atoms with Gasteiger partial charge in [0.25, 0.3) is 0 Å². The van der Waals surface area contributed by atoms with Gasteiger partial charge in [0.1, 0.15) is 5.75 Å². The van der Waals surface area contributed by atoms with E-state index in [9.17, 15) is 4.79 Å². The topological polar surface area (TPSA) is 26.3 Å². The fraction of sp³-hybridized carbons (Fsp3) is 0.444. The van der Waals surface area contributed by atoms with Gasteiger partial charge in [-0.05, 0) is 91.5 Å². The molecule has 0 radical (unpaired) electrons. The molecule has 29 heavy (non-hydrogen) atoms. The van der Waals surface area contributed by atoms with E-state index in [1.807, 2.05) is 24.3 Å². The van der Waals surface area contributed by atoms with Gasteiger partial charge in [-0.3, -0.25) is 0 Å². The summed E-state index contributed by atoms with van der Waals surface area (Å²) in [5.74, 6) is 0.235. The Morgan fingerprint density at radius 1 is 0.897 bits per heavy atom. The van der Waals surface area contributed by atoms with Crippen molar-refractivity contribution < 1.29 is 9.53 Å². The molecule has 2 heteroatoms. The number of ether oxygens (including phenoxy) is 1. The van der Waals surface area contributed by atoms with E-state index in [4.69, 9.17) is 4.74 Å². The summed E-state index contributed by atoms with van der Waals surface area (Å²) in [6.07, 6.45) is 14.2. The van der Waals surface area contributed by atoms with E-state index < -0.39 is 0 Å². The van der Waals surface area contributed by atoms with Gasteiger partial charge in [-0.25, -0.2) is 4.79 Å². The Morgan fingerprint density at radius 2 is 1.45 bits per heavy atom. The Kier molecular flexibility index (Phi) is 5.63. The molecule has 0 N–H and O–H groups in total. The van der Waals surface area contributed by atoms with E-state index in [2.05, 4.69) is 31.2 Å². The van der Waals surface area contributed by atoms with Crippen LogP contribution < -0.4 is 4.74 Å². The van der Waals surface area contributed by atoms with Crippen LogP contribution in [0.3, 0.4) is 0 Å². The molecule has 3 aliphatic rings. The largest absolute Gasteiger partial charge is 0.423 e. The summed E-state index contributed by atoms with van der Waals surface area (Å²) in [5.41, 5.74) is 4.97. The number of hydrogen-bond donors (Lipinski definition) is 0. The van der Waals surface area contributed by atoms with Crippen LogP contribution in [0.25, 0.3) is 11.1 Å². The second-order valence-electron chi connectivity index (χ2n) is 9.05. The van der Waals surface area contributed by atoms with Gasteiger partial charge in [0.15, 0.2) is 0 Å². The van der Waals surface area contributed by atoms with Gasteiger partial charge in [0.05, 0.1) is 0 Å². The lowest BCUT2D eigenvalue weighted by Gasteiger charge is -2.54. The van der Waals surface area contributed by atoms with Gasteiger partial charge in [-0.1, -0.05) is 55.8 Å². The number of esters is 1. The van der Waals surface area contributed by atoms with Crippen molar-refractivity contribution in [3.05, 3.63) is 66.2 Å². The average Bonchev–Trinajstić information content (AvgIpc) is 2.76. The van der Waals surface area contributed by atoms with Crippen LogP contribution >= 0.6 is 0 Å². The molecular formula is C27H32O2. The summed E-state index contributed by atoms with van der Waals surface area (Å²) < 4.78 is 5.28. The van der Waals surface area contributed by atoms with Crippen molar-refractivity contribution >= 4 is 5.97 Å². The molecule has 0 heterocycles. The van der Waals surface area contributed by atoms with Gasteiger partial charge in [0, 0.05) is 6.08 Å². The first-order valence-electron chi connectivity index (χ1n) is 11.1. The minimum Gasteiger partial charge on any atom is -0.423 e. The van der Waals surface area contributed by atoms with Crippen LogP contribution in [0.1, 0.15) is 70.8 Å². The highest BCUT2D eigenvalue weighted by Crippen LogP contribution is 2.59. The predicted molar refractivity (Wildman–Crippen MR) is 119 cm³/mol. The van der Waals surface area contributed by atoms with E-state index in [0.29, 0.717) is 16.6 Å². The second kappa shape index (κ2) is 8.18. The minimum atomic E-state index is -0.341. The normalized spacial score (nSPS) is 26.0. The molecule has 152 valence electrons. The molecule has 3 saturated carbocycles. The zero-order valence-corrected chi connectivity index (χ0v) is 17.7. The highest BCUT2D eigenvalue weighted by atomic mass is 16.5. The highest BCUT2D eigenvalue weighted by Gasteiger charge is 2.48. The molecule has 2 aromatic carbocycles. The van der Waals surface area contributed by atoms with E-state index in [-0.39, 0.29) is 5.97 Å². The molecule has 2 bridgehead atoms. The third kappa shape index (κ3) is 4.03. The molecule has 5 rings (SSSR count). The van der Waals surface area contributed by atoms with E-state index >= 15 is 0 Å². The molecule has 0 unspecified atom stereocenters. The molecule has 2 nitrogen and oxygen atoms in total. The first-order valence-corrected chi connectivity index (χ1v) is 11.1. The van der Waals surface area contributed by atoms with E-state index in [1.165, 1.54) is 68.6 Å². The fourth-order valence-corrected chi connectivity index (χ4v) is 5.62. The van der Waals surface area contributed by atoms with Crippen LogP contribution in [-0.2, 0) is 10.2 Å². The van der Waals surface area contributed by atoms with Gasteiger partial charge in [-0.2, -0.15) is 0 Å². The number of fused-ring (bicyclic) bond motifs is 3. The Balaban J connectivity index is 1.45. The first kappa shape index (κ1) is 19.9. The molecule has 3 fully saturated rings. The van der Waals surface area contributed by atoms with Crippen molar-refractivity contribution in [1.29, 1.82) is 0 Å². The van der Waals surface area contributed by atoms with Crippen molar-refractivity contribution in [2.24, 2.45) is 5.41 Å². The lowest BCUT2D eigenvalue weighted by molar-refractivity contribution is -0.129. The van der Waals surface area contributed by atoms with E-state index in [0.717, 1.165) is 5.56 Å². The highest BCUT2D eigenvalue weighted by molar-refractivity contribution is 5.84. The Hall–Kier alpha value is -2.35. The van der Waals surface area contributed by atoms with Gasteiger partial charge >= 0.3 is 5.97 Å². The first-order chi connectivity index (χ1) is 14.1. The van der Waals surface area contributed by atoms with Crippen LogP contribution in [0.15, 0.2) is 60.7 Å². The molecule has 0 saturated heterocycles. The van der Waals surface area contributed by atoms with Gasteiger partial charge in [-0.15, -0.1) is 0 Å². The molecule has 3 aliphatic carbocycles. The average molecular weight is 389 g/mol. The van der Waals surface area contributed by atoms with Crippen LogP contribution in [-0.4, -0.2) is 5.97 Å². The number of allylic oxidation sites excluding steroid dienone is 1. The molecule has 0 spiro atoms. The molecule has 2 aromatic rings. The maximum Gasteiger partial charge on any atom is 0.335 e. The Labute approximate surface area is 175 Å². The maximum absolute atomic E-state index is 11.6. The molecule has 0 aromatic heterocycles. The third-order valence-electron chi connectivity index (χ3n) is 7.39. The Morgan fingerprint density at radius 3 is 1.97 bits per heavy atom. The van der Waals surface area contributed by atoms with E-state index in [1.54, 1.807) is 13.0 Å². The number of hydrogen-bond acceptors (Lipinski definition) is 2. The standard InChI is InChI=1S/C27H32O2/c1-3-5-25(28)29-24-12-8-22(9-13-24)21-6-10-23(11-7-21)27-18-15-26(14-4-2,16-19-27)17-20-27/h3,5-13H,4,14-20H2,1-2H3/b5-3+. The number of carbonyl (C=O) groups is 1. The second-order valence-corrected chi connectivity index (χ2v) is 9.05. The number of rotatable bonds is 6. The summed E-state index contributed by atoms with van der Waals surface area (Å²) in [5, 5.41) is 0. The lowest BCUT2D eigenvalue weighted by Crippen LogP contribution is -2.44. The smallest absolute Gasteiger partial charge is 0.335 e. The monoisotopic (exact) mass is 388 g/mol. The molecule has 0 amide bonds. The summed E-state index contributed by atoms with van der Waals surface area (Å²) >= 11 is 0. The molecule has 0 aliphatic heterocycles. The molecular weight excluding hydrogens is 356 g/mol. The lowest BCUT2D eigenvalue weighted by atomic mass is 9.51. The van der Waals surface area contributed by atoms with Crippen LogP contribution in [0.2, 0.25) is 0 Å². The maximum atomic E-state index is 11.6. The van der Waals surface area contributed by atoms with Crippen LogP contribution in [0, 0.1) is 5.41 Å². The zero-order chi connectivity index (χ0) is 20.3. The van der Waals surface area contributed by atoms with Crippen LogP contribution in [0.4, 0.5) is 0 Å². The zero-order valence-electron chi connectivity index (χ0n) is 17.7. The minimum absolute atomic E-state index is 0.341. The summed E-state index contributed by atoms with van der Waals surface area (Å²) in [6, 6.07) is 17.0. The van der Waals surface area contributed by atoms with Crippen molar-refractivity contribution in [3.63, 3.8) is 0 Å². The predicted octanol–water partition coefficient (Wildman–Crippen LogP) is 7.23. The van der Waals surface area contributed by atoms with Crippen molar-refractivity contribution in [2.75, 3.05) is 0 Å². The van der Waals surface area contributed by atoms with Gasteiger partial charge < -0.3 is 4.74 Å². The quantitative estimate of drug-likeness (QED) is 0.296. The summed E-state index contributed by atoms with van der Waals surface area (Å²) in [7, 11) is 0. The Bertz CT molecular complexity index is 849. The third-order valence-corrected chi connectivity index (χ3v) is 7.39. The van der Waals surface area contributed by atoms with Crippen molar-refractivity contribution in [1.82, 2.24) is 0 Å². The summed E-state index contributed by atoms with van der Waals surface area (Å²) in [4.78, 5) is 11.6. The van der Waals surface area contributed by atoms with Gasteiger partial charge in [0.2, 0.25) is 0 Å². The van der Waals surface area contributed by atoms with Crippen molar-refractivity contribution in [3.8, 4) is 16.9 Å².